The van der Waals surface area contributed by atoms with Crippen molar-refractivity contribution in [3.05, 3.63) is 84.8 Å². The third kappa shape index (κ3) is 6.45. The first-order chi connectivity index (χ1) is 16.9. The lowest BCUT2D eigenvalue weighted by Crippen LogP contribution is -2.14. The number of methoxy groups -OCH3 is 1. The van der Waals surface area contributed by atoms with Gasteiger partial charge in [-0.2, -0.15) is 4.98 Å². The number of nitrogens with one attached hydrogen (secondary N) is 2. The second kappa shape index (κ2) is 10.8. The molecule has 4 rings (SSSR count). The van der Waals surface area contributed by atoms with Gasteiger partial charge in [0.05, 0.1) is 17.7 Å². The van der Waals surface area contributed by atoms with Gasteiger partial charge >= 0.3 is 0 Å². The lowest BCUT2D eigenvalue weighted by molar-refractivity contribution is -0.116. The van der Waals surface area contributed by atoms with E-state index in [4.69, 9.17) is 9.26 Å². The third-order valence-corrected chi connectivity index (χ3v) is 6.46. The number of carbonyl (C=O) groups excluding carboxylic acids is 1. The van der Waals surface area contributed by atoms with Crippen molar-refractivity contribution in [3.8, 4) is 17.1 Å². The molecule has 4 aromatic rings. The number of aryl methyl sites for hydroxylation is 1. The molecule has 10 heteroatoms. The molecule has 0 spiro atoms. The number of carbonyl (C=O) groups is 1. The van der Waals surface area contributed by atoms with Gasteiger partial charge < -0.3 is 14.6 Å². The van der Waals surface area contributed by atoms with Gasteiger partial charge in [0, 0.05) is 24.1 Å². The summed E-state index contributed by atoms with van der Waals surface area (Å²) in [7, 11) is -2.12. The standard InChI is InChI=1S/C25H24N4O5S/c1-33-21-15-13-18(14-16-21)25-27-24(34-28-25)12-6-11-23(30)26-19-7-5-8-20(17-19)29-35(31,32)22-9-3-2-4-10-22/h2-5,7-10,13-17,29H,6,11-12H2,1H3,(H,26,30). The highest BCUT2D eigenvalue weighted by Gasteiger charge is 2.14. The Balaban J connectivity index is 1.28. The highest BCUT2D eigenvalue weighted by atomic mass is 32.2. The Kier molecular flexibility index (Phi) is 7.41. The van der Waals surface area contributed by atoms with Crippen LogP contribution >= 0.6 is 0 Å². The van der Waals surface area contributed by atoms with Crippen LogP contribution in [0.3, 0.4) is 0 Å². The maximum Gasteiger partial charge on any atom is 0.261 e. The van der Waals surface area contributed by atoms with E-state index < -0.39 is 10.0 Å². The number of nitrogens with zero attached hydrogens (tertiary/aromatic N) is 2. The summed E-state index contributed by atoms with van der Waals surface area (Å²) in [6.07, 6.45) is 1.20. The van der Waals surface area contributed by atoms with Crippen molar-refractivity contribution in [1.82, 2.24) is 10.1 Å². The van der Waals surface area contributed by atoms with E-state index >= 15 is 0 Å². The number of anilines is 2. The quantitative estimate of drug-likeness (QED) is 0.334. The summed E-state index contributed by atoms with van der Waals surface area (Å²) in [6.45, 7) is 0. The predicted molar refractivity (Wildman–Crippen MR) is 132 cm³/mol. The largest absolute Gasteiger partial charge is 0.497 e. The summed E-state index contributed by atoms with van der Waals surface area (Å²) in [5.74, 6) is 1.45. The third-order valence-electron chi connectivity index (χ3n) is 5.06. The van der Waals surface area contributed by atoms with Crippen LogP contribution in [0.1, 0.15) is 18.7 Å². The molecule has 0 saturated carbocycles. The molecule has 0 aliphatic carbocycles. The summed E-state index contributed by atoms with van der Waals surface area (Å²) in [6, 6.07) is 21.9. The van der Waals surface area contributed by atoms with E-state index in [0.717, 1.165) is 11.3 Å². The van der Waals surface area contributed by atoms with E-state index in [-0.39, 0.29) is 17.2 Å². The lowest BCUT2D eigenvalue weighted by Gasteiger charge is -2.10. The molecule has 1 heterocycles. The van der Waals surface area contributed by atoms with Gasteiger partial charge in [-0.15, -0.1) is 0 Å². The molecule has 0 aliphatic heterocycles. The van der Waals surface area contributed by atoms with Crippen molar-refractivity contribution < 1.29 is 22.5 Å². The Morgan fingerprint density at radius 3 is 2.46 bits per heavy atom. The van der Waals surface area contributed by atoms with Gasteiger partial charge in [-0.3, -0.25) is 9.52 Å². The Morgan fingerprint density at radius 2 is 1.71 bits per heavy atom. The fraction of sp³-hybridized carbons (Fsp3) is 0.160. The Morgan fingerprint density at radius 1 is 0.971 bits per heavy atom. The van der Waals surface area contributed by atoms with Crippen LogP contribution in [0.25, 0.3) is 11.4 Å². The number of rotatable bonds is 10. The van der Waals surface area contributed by atoms with E-state index in [2.05, 4.69) is 20.2 Å². The highest BCUT2D eigenvalue weighted by Crippen LogP contribution is 2.21. The molecule has 35 heavy (non-hydrogen) atoms. The molecule has 180 valence electrons. The molecule has 0 saturated heterocycles. The monoisotopic (exact) mass is 492 g/mol. The van der Waals surface area contributed by atoms with Crippen LogP contribution in [-0.4, -0.2) is 31.6 Å². The van der Waals surface area contributed by atoms with E-state index in [1.807, 2.05) is 24.3 Å². The Labute approximate surface area is 203 Å². The van der Waals surface area contributed by atoms with Crippen LogP contribution < -0.4 is 14.8 Å². The minimum Gasteiger partial charge on any atom is -0.497 e. The maximum atomic E-state index is 12.5. The van der Waals surface area contributed by atoms with Crippen molar-refractivity contribution in [2.45, 2.75) is 24.2 Å². The second-order valence-electron chi connectivity index (χ2n) is 7.64. The minimum absolute atomic E-state index is 0.158. The fourth-order valence-corrected chi connectivity index (χ4v) is 4.38. The van der Waals surface area contributed by atoms with Crippen LogP contribution in [0.2, 0.25) is 0 Å². The number of hydrogen-bond donors (Lipinski definition) is 2. The van der Waals surface area contributed by atoms with Crippen molar-refractivity contribution in [2.24, 2.45) is 0 Å². The van der Waals surface area contributed by atoms with E-state index in [9.17, 15) is 13.2 Å². The molecule has 0 aliphatic rings. The average Bonchev–Trinajstić information content (AvgIpc) is 3.33. The Hall–Kier alpha value is -4.18. The minimum atomic E-state index is -3.72. The summed E-state index contributed by atoms with van der Waals surface area (Å²) >= 11 is 0. The summed E-state index contributed by atoms with van der Waals surface area (Å²) in [5.41, 5.74) is 1.65. The van der Waals surface area contributed by atoms with Gasteiger partial charge in [-0.05, 0) is 61.0 Å². The predicted octanol–water partition coefficient (Wildman–Crippen LogP) is 4.51. The smallest absolute Gasteiger partial charge is 0.261 e. The van der Waals surface area contributed by atoms with Gasteiger partial charge in [0.15, 0.2) is 0 Å². The first-order valence-corrected chi connectivity index (χ1v) is 12.4. The number of hydrogen-bond acceptors (Lipinski definition) is 7. The zero-order valence-corrected chi connectivity index (χ0v) is 19.8. The van der Waals surface area contributed by atoms with E-state index in [0.29, 0.717) is 35.9 Å². The van der Waals surface area contributed by atoms with Crippen LogP contribution in [-0.2, 0) is 21.2 Å². The average molecular weight is 493 g/mol. The fourth-order valence-electron chi connectivity index (χ4n) is 3.31. The van der Waals surface area contributed by atoms with Crippen LogP contribution in [0.15, 0.2) is 88.3 Å². The molecule has 9 nitrogen and oxygen atoms in total. The molecule has 0 unspecified atom stereocenters. The molecule has 0 atom stereocenters. The van der Waals surface area contributed by atoms with Gasteiger partial charge in [0.25, 0.3) is 10.0 Å². The molecular weight excluding hydrogens is 468 g/mol. The number of ether oxygens (including phenoxy) is 1. The highest BCUT2D eigenvalue weighted by molar-refractivity contribution is 7.92. The van der Waals surface area contributed by atoms with Crippen LogP contribution in [0.4, 0.5) is 11.4 Å². The number of aromatic nitrogens is 2. The topological polar surface area (TPSA) is 123 Å². The molecule has 0 fully saturated rings. The summed E-state index contributed by atoms with van der Waals surface area (Å²) in [5, 5.41) is 6.77. The van der Waals surface area contributed by atoms with Crippen LogP contribution in [0, 0.1) is 0 Å². The van der Waals surface area contributed by atoms with E-state index in [1.165, 1.54) is 12.1 Å². The molecule has 3 aromatic carbocycles. The second-order valence-corrected chi connectivity index (χ2v) is 9.32. The van der Waals surface area contributed by atoms with Crippen LogP contribution in [0.5, 0.6) is 5.75 Å². The maximum absolute atomic E-state index is 12.5. The van der Waals surface area contributed by atoms with Crippen molar-refractivity contribution >= 4 is 27.3 Å². The normalized spacial score (nSPS) is 11.1. The number of benzene rings is 3. The number of sulfonamides is 1. The summed E-state index contributed by atoms with van der Waals surface area (Å²) < 4.78 is 38.0. The molecule has 1 aromatic heterocycles. The molecule has 0 radical (unpaired) electrons. The van der Waals surface area contributed by atoms with Gasteiger partial charge in [-0.25, -0.2) is 8.42 Å². The first kappa shape index (κ1) is 24.0. The van der Waals surface area contributed by atoms with Crippen molar-refractivity contribution in [1.29, 1.82) is 0 Å². The van der Waals surface area contributed by atoms with Crippen molar-refractivity contribution in [2.75, 3.05) is 17.1 Å². The van der Waals surface area contributed by atoms with Gasteiger partial charge in [0.1, 0.15) is 5.75 Å². The molecule has 1 amide bonds. The number of amides is 1. The first-order valence-electron chi connectivity index (χ1n) is 10.9. The lowest BCUT2D eigenvalue weighted by atomic mass is 10.2. The Bertz CT molecular complexity index is 1390. The van der Waals surface area contributed by atoms with Gasteiger partial charge in [0.2, 0.25) is 17.6 Å². The molecular formula is C25H24N4O5S. The van der Waals surface area contributed by atoms with Gasteiger partial charge in [-0.1, -0.05) is 29.4 Å². The summed E-state index contributed by atoms with van der Waals surface area (Å²) in [4.78, 5) is 16.9. The molecule has 0 bridgehead atoms. The van der Waals surface area contributed by atoms with E-state index in [1.54, 1.807) is 49.6 Å². The zero-order chi connectivity index (χ0) is 24.7. The SMILES string of the molecule is COc1ccc(-c2noc(CCCC(=O)Nc3cccc(NS(=O)(=O)c4ccccc4)c3)n2)cc1. The van der Waals surface area contributed by atoms with Crippen molar-refractivity contribution in [3.63, 3.8) is 0 Å². The zero-order valence-electron chi connectivity index (χ0n) is 19.0. The molecule has 2 N–H and O–H groups in total.